The molecule has 0 amide bonds. The van der Waals surface area contributed by atoms with Crippen LogP contribution in [0.15, 0.2) is 18.2 Å². The van der Waals surface area contributed by atoms with E-state index in [9.17, 15) is 18.6 Å². The molecule has 0 unspecified atom stereocenters. The molecular formula is C20H24ClNO7S. The van der Waals surface area contributed by atoms with Crippen LogP contribution in [0, 0.1) is 0 Å². The van der Waals surface area contributed by atoms with Crippen molar-refractivity contribution in [1.29, 1.82) is 0 Å². The average molecular weight is 458 g/mol. The van der Waals surface area contributed by atoms with Crippen molar-refractivity contribution in [3.05, 3.63) is 45.5 Å². The summed E-state index contributed by atoms with van der Waals surface area (Å²) in [5, 5.41) is 21.3. The van der Waals surface area contributed by atoms with Crippen LogP contribution in [0.25, 0.3) is 0 Å². The zero-order chi connectivity index (χ0) is 22.2. The summed E-state index contributed by atoms with van der Waals surface area (Å²) in [6.07, 6.45) is 2.27. The minimum Gasteiger partial charge on any atom is -0.504 e. The molecule has 4 rings (SSSR count). The maximum absolute atomic E-state index is 10.5. The first-order valence-corrected chi connectivity index (χ1v) is 11.4. The fourth-order valence-corrected chi connectivity index (χ4v) is 4.30. The van der Waals surface area contributed by atoms with E-state index in [1.807, 2.05) is 6.07 Å². The second-order valence-corrected chi connectivity index (χ2v) is 9.14. The third kappa shape index (κ3) is 4.59. The van der Waals surface area contributed by atoms with Gasteiger partial charge in [0.1, 0.15) is 0 Å². The van der Waals surface area contributed by atoms with E-state index in [4.69, 9.17) is 25.6 Å². The summed E-state index contributed by atoms with van der Waals surface area (Å²) in [6, 6.07) is 5.51. The highest BCUT2D eigenvalue weighted by atomic mass is 35.5. The smallest absolute Gasteiger partial charge is 0.261 e. The number of benzene rings is 2. The first kappa shape index (κ1) is 22.5. The Kier molecular flexibility index (Phi) is 6.37. The number of phenols is 2. The van der Waals surface area contributed by atoms with E-state index in [0.29, 0.717) is 35.7 Å². The SMILES string of the molecule is COc1cc2c(cc1O)[C@@H]1Cc3c(Cl)cc(OC)c(O)c3CN1CC2.CS(=O)(=O)O. The van der Waals surface area contributed by atoms with Crippen LogP contribution in [0.5, 0.6) is 23.0 Å². The Hall–Kier alpha value is -2.20. The lowest BCUT2D eigenvalue weighted by molar-refractivity contribution is 0.157. The first-order chi connectivity index (χ1) is 14.0. The maximum atomic E-state index is 10.5. The largest absolute Gasteiger partial charge is 0.504 e. The Morgan fingerprint density at radius 3 is 2.33 bits per heavy atom. The van der Waals surface area contributed by atoms with Crippen molar-refractivity contribution in [3.8, 4) is 23.0 Å². The molecule has 1 atom stereocenters. The van der Waals surface area contributed by atoms with Gasteiger partial charge in [-0.3, -0.25) is 9.45 Å². The van der Waals surface area contributed by atoms with Crippen LogP contribution >= 0.6 is 11.6 Å². The number of hydrogen-bond acceptors (Lipinski definition) is 7. The number of ether oxygens (including phenoxy) is 2. The lowest BCUT2D eigenvalue weighted by Gasteiger charge is -2.42. The molecule has 10 heteroatoms. The number of nitrogens with zero attached hydrogens (tertiary/aromatic N) is 1. The zero-order valence-electron chi connectivity index (χ0n) is 16.8. The van der Waals surface area contributed by atoms with Gasteiger partial charge in [0.15, 0.2) is 23.0 Å². The van der Waals surface area contributed by atoms with Crippen LogP contribution in [0.4, 0.5) is 0 Å². The van der Waals surface area contributed by atoms with Gasteiger partial charge in [-0.1, -0.05) is 11.6 Å². The molecule has 3 N–H and O–H groups in total. The summed E-state index contributed by atoms with van der Waals surface area (Å²) in [5.74, 6) is 1.23. The molecule has 2 aromatic rings. The van der Waals surface area contributed by atoms with E-state index >= 15 is 0 Å². The Balaban J connectivity index is 0.000000461. The summed E-state index contributed by atoms with van der Waals surface area (Å²) in [4.78, 5) is 2.31. The van der Waals surface area contributed by atoms with Crippen LogP contribution in [0.2, 0.25) is 5.02 Å². The number of hydrogen-bond donors (Lipinski definition) is 3. The highest BCUT2D eigenvalue weighted by Crippen LogP contribution is 2.47. The molecule has 0 saturated heterocycles. The van der Waals surface area contributed by atoms with Gasteiger partial charge in [0.2, 0.25) is 0 Å². The summed E-state index contributed by atoms with van der Waals surface area (Å²) >= 11 is 6.46. The molecule has 0 radical (unpaired) electrons. The van der Waals surface area contributed by atoms with Crippen molar-refractivity contribution in [2.24, 2.45) is 0 Å². The molecule has 2 aromatic carbocycles. The normalized spacial score (nSPS) is 17.7. The molecular weight excluding hydrogens is 434 g/mol. The molecule has 0 aliphatic carbocycles. The predicted octanol–water partition coefficient (Wildman–Crippen LogP) is 2.93. The quantitative estimate of drug-likeness (QED) is 0.589. The van der Waals surface area contributed by atoms with Gasteiger partial charge in [-0.05, 0) is 41.7 Å². The van der Waals surface area contributed by atoms with E-state index in [2.05, 4.69) is 4.90 Å². The van der Waals surface area contributed by atoms with Crippen molar-refractivity contribution in [1.82, 2.24) is 4.90 Å². The van der Waals surface area contributed by atoms with Crippen LogP contribution in [0.3, 0.4) is 0 Å². The minimum atomic E-state index is -3.67. The van der Waals surface area contributed by atoms with Crippen molar-refractivity contribution >= 4 is 21.7 Å². The Labute approximate surface area is 180 Å². The molecule has 164 valence electrons. The van der Waals surface area contributed by atoms with Gasteiger partial charge in [0.25, 0.3) is 10.1 Å². The zero-order valence-corrected chi connectivity index (χ0v) is 18.4. The van der Waals surface area contributed by atoms with Crippen molar-refractivity contribution in [3.63, 3.8) is 0 Å². The van der Waals surface area contributed by atoms with Gasteiger partial charge in [-0.2, -0.15) is 8.42 Å². The third-order valence-electron chi connectivity index (χ3n) is 5.32. The molecule has 30 heavy (non-hydrogen) atoms. The minimum absolute atomic E-state index is 0.123. The molecule has 8 nitrogen and oxygen atoms in total. The average Bonchev–Trinajstić information content (AvgIpc) is 2.67. The molecule has 2 aliphatic rings. The van der Waals surface area contributed by atoms with Gasteiger partial charge in [0, 0.05) is 35.8 Å². The second kappa shape index (κ2) is 8.50. The van der Waals surface area contributed by atoms with Gasteiger partial charge in [-0.25, -0.2) is 0 Å². The van der Waals surface area contributed by atoms with Crippen LogP contribution in [-0.2, 0) is 29.5 Å². The molecule has 2 aliphatic heterocycles. The summed E-state index contributed by atoms with van der Waals surface area (Å²) in [7, 11) is -0.583. The highest BCUT2D eigenvalue weighted by molar-refractivity contribution is 7.85. The third-order valence-corrected chi connectivity index (χ3v) is 5.65. The maximum Gasteiger partial charge on any atom is 0.261 e. The lowest BCUT2D eigenvalue weighted by Crippen LogP contribution is -2.39. The number of methoxy groups -OCH3 is 2. The Morgan fingerprint density at radius 2 is 1.73 bits per heavy atom. The number of fused-ring (bicyclic) bond motifs is 4. The summed E-state index contributed by atoms with van der Waals surface area (Å²) in [5.41, 5.74) is 4.07. The first-order valence-electron chi connectivity index (χ1n) is 9.17. The van der Waals surface area contributed by atoms with Crippen LogP contribution in [0.1, 0.15) is 28.3 Å². The monoisotopic (exact) mass is 457 g/mol. The number of phenolic OH excluding ortho intramolecular Hbond substituents is 2. The van der Waals surface area contributed by atoms with Gasteiger partial charge >= 0.3 is 0 Å². The number of halogens is 1. The number of rotatable bonds is 2. The molecule has 0 saturated carbocycles. The molecule has 0 spiro atoms. The Bertz CT molecular complexity index is 1060. The molecule has 2 heterocycles. The van der Waals surface area contributed by atoms with Crippen molar-refractivity contribution in [2.45, 2.75) is 25.4 Å². The molecule has 0 aromatic heterocycles. The Morgan fingerprint density at radius 1 is 1.10 bits per heavy atom. The lowest BCUT2D eigenvalue weighted by atomic mass is 9.83. The van der Waals surface area contributed by atoms with E-state index < -0.39 is 10.1 Å². The van der Waals surface area contributed by atoms with Crippen molar-refractivity contribution in [2.75, 3.05) is 27.0 Å². The highest BCUT2D eigenvalue weighted by Gasteiger charge is 2.35. The summed E-state index contributed by atoms with van der Waals surface area (Å²) in [6.45, 7) is 1.48. The van der Waals surface area contributed by atoms with E-state index in [0.717, 1.165) is 29.7 Å². The fraction of sp³-hybridized carbons (Fsp3) is 0.400. The predicted molar refractivity (Wildman–Crippen MR) is 112 cm³/mol. The fourth-order valence-electron chi connectivity index (χ4n) is 4.01. The van der Waals surface area contributed by atoms with Gasteiger partial charge in [0.05, 0.1) is 20.5 Å². The standard InChI is InChI=1S/C19H20ClNO4.CH4O3S/c1-24-17-5-10-3-4-21-9-13-12(6-15(21)11(10)7-16(17)22)14(20)8-18(25-2)19(13)23;1-5(2,3)4/h5,7-8,15,22-23H,3-4,6,9H2,1-2H3;1H3,(H,2,3,4)/t15-;/m0./s1. The van der Waals surface area contributed by atoms with Crippen LogP contribution in [-0.4, -0.2) is 55.1 Å². The summed E-state index contributed by atoms with van der Waals surface area (Å²) < 4.78 is 36.3. The van der Waals surface area contributed by atoms with Gasteiger partial charge in [-0.15, -0.1) is 0 Å². The molecule has 0 fully saturated rings. The number of aromatic hydroxyl groups is 2. The topological polar surface area (TPSA) is 117 Å². The van der Waals surface area contributed by atoms with E-state index in [1.165, 1.54) is 12.7 Å². The van der Waals surface area contributed by atoms with Crippen LogP contribution < -0.4 is 9.47 Å². The van der Waals surface area contributed by atoms with Gasteiger partial charge < -0.3 is 19.7 Å². The van der Waals surface area contributed by atoms with Crippen molar-refractivity contribution < 1.29 is 32.7 Å². The molecule has 0 bridgehead atoms. The van der Waals surface area contributed by atoms with E-state index in [-0.39, 0.29) is 17.5 Å². The van der Waals surface area contributed by atoms with E-state index in [1.54, 1.807) is 19.2 Å². The second-order valence-electron chi connectivity index (χ2n) is 7.26.